The molecule has 0 N–H and O–H groups in total. The van der Waals surface area contributed by atoms with E-state index in [9.17, 15) is 8.42 Å². The molecule has 0 saturated carbocycles. The van der Waals surface area contributed by atoms with Crippen molar-refractivity contribution in [1.29, 1.82) is 0 Å². The van der Waals surface area contributed by atoms with E-state index < -0.39 is 23.5 Å². The third kappa shape index (κ3) is 9.07. The second kappa shape index (κ2) is 15.6. The maximum absolute atomic E-state index is 12.2. The minimum Gasteiger partial charge on any atom is -0.502 e. The first-order valence-electron chi connectivity index (χ1n) is 14.7. The van der Waals surface area contributed by atoms with Crippen LogP contribution in [0.1, 0.15) is 59.2 Å². The Kier molecular flexibility index (Phi) is 12.9. The number of rotatable bonds is 8. The summed E-state index contributed by atoms with van der Waals surface area (Å²) < 4.78 is 33.0. The molecule has 3 aromatic carbocycles. The van der Waals surface area contributed by atoms with Gasteiger partial charge in [0.25, 0.3) is 0 Å². The largest absolute Gasteiger partial charge is 0.502 e. The molecule has 0 aromatic heterocycles. The normalized spacial score (nSPS) is 14.3. The van der Waals surface area contributed by atoms with Crippen molar-refractivity contribution >= 4 is 45.4 Å². The van der Waals surface area contributed by atoms with E-state index in [1.165, 1.54) is 64.9 Å². The SMILES string of the molecule is CCC(C)Oc1ccc(S(=O)(=O)N(C)C)cc1[CH]=[Ru]([Cl])[Cl].Cc1cc(C)c(N2[CH-]N(c3c(C)cc(C)cc3C)CC2)c(C)c1. The summed E-state index contributed by atoms with van der Waals surface area (Å²) in [6, 6.07) is 13.9. The molecule has 1 saturated heterocycles. The fourth-order valence-electron chi connectivity index (χ4n) is 5.56. The number of anilines is 2. The Morgan fingerprint density at radius 1 is 0.886 bits per heavy atom. The second-order valence-electron chi connectivity index (χ2n) is 11.6. The summed E-state index contributed by atoms with van der Waals surface area (Å²) in [6.45, 7) is 21.5. The van der Waals surface area contributed by atoms with E-state index in [2.05, 4.69) is 82.3 Å². The van der Waals surface area contributed by atoms with Crippen molar-refractivity contribution in [3.8, 4) is 5.75 Å². The molecule has 0 amide bonds. The Bertz CT molecular complexity index is 1510. The number of benzene rings is 3. The fraction of sp³-hybridized carbons (Fsp3) is 0.412. The van der Waals surface area contributed by atoms with Gasteiger partial charge < -0.3 is 9.80 Å². The van der Waals surface area contributed by atoms with Crippen LogP contribution in [0.5, 0.6) is 5.75 Å². The summed E-state index contributed by atoms with van der Waals surface area (Å²) in [5.41, 5.74) is 11.5. The third-order valence-electron chi connectivity index (χ3n) is 7.56. The van der Waals surface area contributed by atoms with Crippen LogP contribution >= 0.6 is 19.4 Å². The first kappa shape index (κ1) is 36.5. The van der Waals surface area contributed by atoms with E-state index in [-0.39, 0.29) is 11.0 Å². The predicted octanol–water partition coefficient (Wildman–Crippen LogP) is 8.17. The molecular weight excluding hydrogens is 702 g/mol. The van der Waals surface area contributed by atoms with Gasteiger partial charge in [0, 0.05) is 24.5 Å². The van der Waals surface area contributed by atoms with Crippen LogP contribution in [-0.4, -0.2) is 50.6 Å². The molecule has 1 heterocycles. The van der Waals surface area contributed by atoms with E-state index >= 15 is 0 Å². The number of aryl methyl sites for hydroxylation is 6. The van der Waals surface area contributed by atoms with Gasteiger partial charge >= 0.3 is 140 Å². The molecular formula is C34H46Cl2N3O3RuS-. The Balaban J connectivity index is 0.000000242. The van der Waals surface area contributed by atoms with Crippen molar-refractivity contribution in [3.63, 3.8) is 0 Å². The minimum absolute atomic E-state index is 0.0276. The topological polar surface area (TPSA) is 53.1 Å². The van der Waals surface area contributed by atoms with Crippen LogP contribution in [0.15, 0.2) is 47.4 Å². The summed E-state index contributed by atoms with van der Waals surface area (Å²) in [7, 11) is 11.3. The predicted molar refractivity (Wildman–Crippen MR) is 185 cm³/mol. The summed E-state index contributed by atoms with van der Waals surface area (Å²) in [6.07, 6.45) is 0.875. The van der Waals surface area contributed by atoms with Crippen molar-refractivity contribution in [2.24, 2.45) is 0 Å². The smallest absolute Gasteiger partial charge is 0.0146 e. The first-order chi connectivity index (χ1) is 20.5. The van der Waals surface area contributed by atoms with Gasteiger partial charge in [-0.25, -0.2) is 0 Å². The number of sulfonamides is 1. The van der Waals surface area contributed by atoms with Gasteiger partial charge in [-0.2, -0.15) is 6.67 Å². The molecule has 1 fully saturated rings. The Morgan fingerprint density at radius 3 is 1.73 bits per heavy atom. The van der Waals surface area contributed by atoms with E-state index in [1.807, 2.05) is 13.8 Å². The van der Waals surface area contributed by atoms with Crippen LogP contribution < -0.4 is 14.5 Å². The average Bonchev–Trinajstić information content (AvgIpc) is 3.37. The van der Waals surface area contributed by atoms with Gasteiger partial charge in [-0.05, 0) is 63.8 Å². The number of nitrogens with zero attached hydrogens (tertiary/aromatic N) is 3. The van der Waals surface area contributed by atoms with Gasteiger partial charge in [-0.15, -0.1) is 0 Å². The number of hydrogen-bond donors (Lipinski definition) is 0. The van der Waals surface area contributed by atoms with Gasteiger partial charge in [0.1, 0.15) is 0 Å². The zero-order valence-electron chi connectivity index (χ0n) is 27.5. The van der Waals surface area contributed by atoms with Gasteiger partial charge in [0.05, 0.1) is 0 Å². The Morgan fingerprint density at radius 2 is 1.34 bits per heavy atom. The summed E-state index contributed by atoms with van der Waals surface area (Å²) in [5, 5.41) is 0. The molecule has 1 aliphatic rings. The molecule has 6 nitrogen and oxygen atoms in total. The zero-order chi connectivity index (χ0) is 32.9. The minimum atomic E-state index is -3.50. The van der Waals surface area contributed by atoms with Crippen molar-refractivity contribution in [2.45, 2.75) is 72.8 Å². The monoisotopic (exact) mass is 748 g/mol. The van der Waals surface area contributed by atoms with Crippen LogP contribution in [0.3, 0.4) is 0 Å². The maximum Gasteiger partial charge on any atom is 0.0146 e. The summed E-state index contributed by atoms with van der Waals surface area (Å²) >= 11 is -2.09. The quantitative estimate of drug-likeness (QED) is 0.172. The molecule has 4 rings (SSSR count). The van der Waals surface area contributed by atoms with E-state index in [1.54, 1.807) is 16.7 Å². The summed E-state index contributed by atoms with van der Waals surface area (Å²) in [4.78, 5) is 5.00. The van der Waals surface area contributed by atoms with Crippen molar-refractivity contribution in [1.82, 2.24) is 4.31 Å². The standard InChI is InChI=1S/C21H27N2.C13H19NO3S.2ClH.Ru/c1-14-9-16(3)20(17(4)10-14)22-7-8-23(13-22)21-18(5)11-15(2)12-19(21)6;1-6-11(3)17-13-8-7-12(9-10(13)2)18(15,16)14(4)5;;;/h9-13H,7-8H2,1-6H3;2,7-9,11H,6H2,1,3-5H3;2*1H;/q-1;;;;+2/p-2. The second-order valence-corrected chi connectivity index (χ2v) is 19.5. The third-order valence-corrected chi connectivity index (χ3v) is 11.2. The van der Waals surface area contributed by atoms with Gasteiger partial charge in [-0.1, -0.05) is 35.4 Å². The van der Waals surface area contributed by atoms with E-state index in [4.69, 9.17) is 24.1 Å². The Labute approximate surface area is 278 Å². The van der Waals surface area contributed by atoms with E-state index in [0.717, 1.165) is 23.8 Å². The average molecular weight is 749 g/mol. The van der Waals surface area contributed by atoms with E-state index in [0.29, 0.717) is 11.3 Å². The van der Waals surface area contributed by atoms with Crippen LogP contribution in [0.4, 0.5) is 11.4 Å². The molecule has 1 unspecified atom stereocenters. The zero-order valence-corrected chi connectivity index (χ0v) is 31.5. The number of hydrogen-bond acceptors (Lipinski definition) is 5. The van der Waals surface area contributed by atoms with Crippen LogP contribution in [0.25, 0.3) is 0 Å². The molecule has 1 atom stereocenters. The van der Waals surface area contributed by atoms with Gasteiger partial charge in [0.2, 0.25) is 0 Å². The molecule has 10 heteroatoms. The molecule has 0 spiro atoms. The number of ether oxygens (including phenoxy) is 1. The van der Waals surface area contributed by atoms with Gasteiger partial charge in [-0.3, -0.25) is 0 Å². The maximum atomic E-state index is 12.2. The molecule has 0 radical (unpaired) electrons. The van der Waals surface area contributed by atoms with Crippen molar-refractivity contribution in [2.75, 3.05) is 37.0 Å². The van der Waals surface area contributed by atoms with Crippen molar-refractivity contribution < 1.29 is 26.7 Å². The van der Waals surface area contributed by atoms with Crippen molar-refractivity contribution in [3.05, 3.63) is 88.1 Å². The van der Waals surface area contributed by atoms with Crippen LogP contribution in [-0.2, 0) is 23.5 Å². The van der Waals surface area contributed by atoms with Gasteiger partial charge in [0.15, 0.2) is 0 Å². The molecule has 244 valence electrons. The molecule has 3 aromatic rings. The molecule has 44 heavy (non-hydrogen) atoms. The van der Waals surface area contributed by atoms with Crippen LogP contribution in [0.2, 0.25) is 0 Å². The number of halogens is 2. The first-order valence-corrected chi connectivity index (χ1v) is 21.6. The van der Waals surface area contributed by atoms with Crippen LogP contribution in [0, 0.1) is 48.2 Å². The Hall–Kier alpha value is -1.96. The molecule has 0 aliphatic carbocycles. The molecule has 1 aliphatic heterocycles. The molecule has 0 bridgehead atoms. The fourth-order valence-corrected chi connectivity index (χ4v) is 8.28. The summed E-state index contributed by atoms with van der Waals surface area (Å²) in [5.74, 6) is 0.599.